The van der Waals surface area contributed by atoms with Gasteiger partial charge in [0.1, 0.15) is 6.33 Å². The summed E-state index contributed by atoms with van der Waals surface area (Å²) in [4.78, 5) is 20.8. The zero-order valence-corrected chi connectivity index (χ0v) is 14.8. The molecular formula is C18H17N5O2S. The molecule has 3 rings (SSSR count). The van der Waals surface area contributed by atoms with E-state index in [9.17, 15) is 9.00 Å². The van der Waals surface area contributed by atoms with Gasteiger partial charge in [-0.2, -0.15) is 0 Å². The maximum atomic E-state index is 12.5. The van der Waals surface area contributed by atoms with Crippen LogP contribution < -0.4 is 11.1 Å². The van der Waals surface area contributed by atoms with Crippen molar-refractivity contribution in [1.29, 1.82) is 4.78 Å². The highest BCUT2D eigenvalue weighted by molar-refractivity contribution is 7.91. The molecule has 1 aromatic heterocycles. The Morgan fingerprint density at radius 2 is 1.73 bits per heavy atom. The number of hydrogen-bond donors (Lipinski definition) is 3. The molecule has 0 bridgehead atoms. The second-order valence-corrected chi connectivity index (χ2v) is 7.91. The van der Waals surface area contributed by atoms with Gasteiger partial charge in [0, 0.05) is 34.7 Å². The summed E-state index contributed by atoms with van der Waals surface area (Å²) < 4.78 is 19.3. The van der Waals surface area contributed by atoms with Crippen molar-refractivity contribution >= 4 is 27.0 Å². The number of carbonyl (C=O) groups excluding carboxylic acids is 1. The Kier molecular flexibility index (Phi) is 4.68. The molecule has 0 saturated carbocycles. The number of benzene rings is 2. The van der Waals surface area contributed by atoms with E-state index in [-0.39, 0.29) is 5.91 Å². The van der Waals surface area contributed by atoms with Crippen molar-refractivity contribution in [3.63, 3.8) is 0 Å². The fourth-order valence-corrected chi connectivity index (χ4v) is 3.01. The van der Waals surface area contributed by atoms with E-state index in [1.54, 1.807) is 24.5 Å². The summed E-state index contributed by atoms with van der Waals surface area (Å²) in [5.41, 5.74) is 8.88. The van der Waals surface area contributed by atoms with Gasteiger partial charge < -0.3 is 11.1 Å². The van der Waals surface area contributed by atoms with Crippen LogP contribution in [0.15, 0.2) is 66.1 Å². The second kappa shape index (κ2) is 6.93. The highest BCUT2D eigenvalue weighted by Crippen LogP contribution is 2.27. The van der Waals surface area contributed by atoms with Gasteiger partial charge in [0.2, 0.25) is 0 Å². The van der Waals surface area contributed by atoms with Crippen LogP contribution in [-0.4, -0.2) is 26.3 Å². The van der Waals surface area contributed by atoms with Crippen molar-refractivity contribution in [1.82, 2.24) is 9.97 Å². The van der Waals surface area contributed by atoms with Crippen LogP contribution in [0.3, 0.4) is 0 Å². The summed E-state index contributed by atoms with van der Waals surface area (Å²) in [6.45, 7) is 0. The van der Waals surface area contributed by atoms with Crippen LogP contribution in [0.2, 0.25) is 0 Å². The zero-order valence-electron chi connectivity index (χ0n) is 14.0. The topological polar surface area (TPSA) is 122 Å². The number of anilines is 2. The van der Waals surface area contributed by atoms with Crippen molar-refractivity contribution in [2.45, 2.75) is 4.90 Å². The van der Waals surface area contributed by atoms with Gasteiger partial charge in [-0.3, -0.25) is 4.79 Å². The summed E-state index contributed by atoms with van der Waals surface area (Å²) in [5.74, 6) is -0.350. The fraction of sp³-hybridized carbons (Fsp3) is 0.0556. The Bertz CT molecular complexity index is 1050. The summed E-state index contributed by atoms with van der Waals surface area (Å²) in [7, 11) is -2.81. The Balaban J connectivity index is 1.85. The van der Waals surface area contributed by atoms with Gasteiger partial charge in [-0.15, -0.1) is 0 Å². The van der Waals surface area contributed by atoms with Crippen LogP contribution >= 0.6 is 0 Å². The highest BCUT2D eigenvalue weighted by atomic mass is 32.2. The SMILES string of the molecule is CS(=N)(=O)c1ccc(C(=O)Nc2cc(-c3cncnc3)ccc2N)cc1. The van der Waals surface area contributed by atoms with E-state index in [0.29, 0.717) is 21.8 Å². The average Bonchev–Trinajstić information content (AvgIpc) is 2.63. The van der Waals surface area contributed by atoms with Crippen molar-refractivity contribution in [2.75, 3.05) is 17.3 Å². The molecule has 0 aliphatic carbocycles. The van der Waals surface area contributed by atoms with Crippen molar-refractivity contribution in [3.8, 4) is 11.1 Å². The molecule has 1 unspecified atom stereocenters. The number of hydrogen-bond acceptors (Lipinski definition) is 6. The third-order valence-corrected chi connectivity index (χ3v) is 4.93. The monoisotopic (exact) mass is 367 g/mol. The van der Waals surface area contributed by atoms with Crippen LogP contribution in [0.5, 0.6) is 0 Å². The van der Waals surface area contributed by atoms with Gasteiger partial charge >= 0.3 is 0 Å². The Hall–Kier alpha value is -3.26. The molecule has 132 valence electrons. The molecule has 2 aromatic carbocycles. The Morgan fingerprint density at radius 3 is 2.35 bits per heavy atom. The van der Waals surface area contributed by atoms with Gasteiger partial charge in [-0.1, -0.05) is 6.07 Å². The number of nitrogens with two attached hydrogens (primary N) is 1. The molecule has 0 aliphatic rings. The first kappa shape index (κ1) is 17.6. The lowest BCUT2D eigenvalue weighted by molar-refractivity contribution is 0.102. The van der Waals surface area contributed by atoms with E-state index in [1.807, 2.05) is 6.07 Å². The highest BCUT2D eigenvalue weighted by Gasteiger charge is 2.11. The summed E-state index contributed by atoms with van der Waals surface area (Å²) in [6, 6.07) is 11.4. The fourth-order valence-electron chi connectivity index (χ4n) is 2.35. The lowest BCUT2D eigenvalue weighted by Gasteiger charge is -2.11. The summed E-state index contributed by atoms with van der Waals surface area (Å²) in [6.07, 6.45) is 6.12. The Labute approximate surface area is 151 Å². The molecule has 0 radical (unpaired) electrons. The molecule has 0 fully saturated rings. The summed E-state index contributed by atoms with van der Waals surface area (Å²) in [5, 5.41) is 2.77. The van der Waals surface area contributed by atoms with Gasteiger partial charge in [0.05, 0.1) is 21.1 Å². The molecule has 7 nitrogen and oxygen atoms in total. The van der Waals surface area contributed by atoms with E-state index in [4.69, 9.17) is 10.5 Å². The zero-order chi connectivity index (χ0) is 18.7. The maximum absolute atomic E-state index is 12.5. The van der Waals surface area contributed by atoms with Gasteiger partial charge in [0.15, 0.2) is 0 Å². The van der Waals surface area contributed by atoms with E-state index in [1.165, 1.54) is 36.8 Å². The van der Waals surface area contributed by atoms with E-state index in [0.717, 1.165) is 11.1 Å². The molecule has 26 heavy (non-hydrogen) atoms. The van der Waals surface area contributed by atoms with E-state index in [2.05, 4.69) is 15.3 Å². The summed E-state index contributed by atoms with van der Waals surface area (Å²) >= 11 is 0. The molecule has 0 spiro atoms. The van der Waals surface area contributed by atoms with Gasteiger partial charge in [0.25, 0.3) is 5.91 Å². The molecular weight excluding hydrogens is 350 g/mol. The number of aromatic nitrogens is 2. The normalized spacial score (nSPS) is 13.0. The first-order valence-corrected chi connectivity index (χ1v) is 9.61. The third kappa shape index (κ3) is 3.86. The largest absolute Gasteiger partial charge is 0.397 e. The van der Waals surface area contributed by atoms with E-state index >= 15 is 0 Å². The van der Waals surface area contributed by atoms with Gasteiger partial charge in [-0.05, 0) is 42.0 Å². The molecule has 1 heterocycles. The van der Waals surface area contributed by atoms with Gasteiger partial charge in [-0.25, -0.2) is 19.0 Å². The Morgan fingerprint density at radius 1 is 1.08 bits per heavy atom. The lowest BCUT2D eigenvalue weighted by atomic mass is 10.1. The molecule has 0 aliphatic heterocycles. The standard InChI is InChI=1S/C18H17N5O2S/c1-26(20,25)15-5-2-12(3-6-15)18(24)23-17-8-13(4-7-16(17)19)14-9-21-11-22-10-14/h2-11,20H,19H2,1H3,(H,23,24). The predicted octanol–water partition coefficient (Wildman–Crippen LogP) is 3.01. The molecule has 3 aromatic rings. The van der Waals surface area contributed by atoms with Crippen LogP contribution in [-0.2, 0) is 9.73 Å². The van der Waals surface area contributed by atoms with Crippen molar-refractivity contribution in [2.24, 2.45) is 0 Å². The lowest BCUT2D eigenvalue weighted by Crippen LogP contribution is -2.13. The predicted molar refractivity (Wildman–Crippen MR) is 101 cm³/mol. The van der Waals surface area contributed by atoms with Crippen molar-refractivity contribution in [3.05, 3.63) is 66.7 Å². The number of carbonyl (C=O) groups is 1. The number of nitrogens with zero attached hydrogens (tertiary/aromatic N) is 2. The van der Waals surface area contributed by atoms with Crippen LogP contribution in [0.1, 0.15) is 10.4 Å². The molecule has 0 saturated heterocycles. The number of nitrogen functional groups attached to an aromatic ring is 1. The quantitative estimate of drug-likeness (QED) is 0.612. The molecule has 4 N–H and O–H groups in total. The first-order chi connectivity index (χ1) is 12.3. The average molecular weight is 367 g/mol. The minimum absolute atomic E-state index is 0.350. The van der Waals surface area contributed by atoms with Crippen LogP contribution in [0, 0.1) is 4.78 Å². The van der Waals surface area contributed by atoms with E-state index < -0.39 is 9.73 Å². The minimum Gasteiger partial charge on any atom is -0.397 e. The number of nitrogens with one attached hydrogen (secondary N) is 2. The molecule has 1 amide bonds. The second-order valence-electron chi connectivity index (χ2n) is 5.75. The maximum Gasteiger partial charge on any atom is 0.255 e. The number of rotatable bonds is 4. The molecule has 8 heteroatoms. The molecule has 1 atom stereocenters. The van der Waals surface area contributed by atoms with Crippen LogP contribution in [0.4, 0.5) is 11.4 Å². The number of amides is 1. The van der Waals surface area contributed by atoms with Crippen molar-refractivity contribution < 1.29 is 9.00 Å². The smallest absolute Gasteiger partial charge is 0.255 e. The first-order valence-electron chi connectivity index (χ1n) is 7.65. The third-order valence-electron chi connectivity index (χ3n) is 3.76. The minimum atomic E-state index is -2.81. The van der Waals surface area contributed by atoms with Crippen LogP contribution in [0.25, 0.3) is 11.1 Å².